The van der Waals surface area contributed by atoms with Crippen molar-refractivity contribution in [2.24, 2.45) is 0 Å². The third-order valence-electron chi connectivity index (χ3n) is 2.75. The molecular weight excluding hydrogens is 270 g/mol. The Kier molecular flexibility index (Phi) is 15.6. The second-order valence-electron chi connectivity index (χ2n) is 4.05. The molecule has 0 aliphatic rings. The highest BCUT2D eigenvalue weighted by molar-refractivity contribution is 5.46. The predicted molar refractivity (Wildman–Crippen MR) is 102 cm³/mol. The van der Waals surface area contributed by atoms with Crippen molar-refractivity contribution in [1.82, 2.24) is 6.15 Å². The molecule has 0 radical (unpaired) electrons. The van der Waals surface area contributed by atoms with Gasteiger partial charge in [0.25, 0.3) is 0 Å². The molecule has 2 aromatic rings. The van der Waals surface area contributed by atoms with E-state index < -0.39 is 0 Å². The minimum atomic E-state index is 0. The van der Waals surface area contributed by atoms with Gasteiger partial charge >= 0.3 is 0 Å². The van der Waals surface area contributed by atoms with Gasteiger partial charge in [0.15, 0.2) is 0 Å². The number of para-hydroxylation sites is 2. The van der Waals surface area contributed by atoms with Crippen molar-refractivity contribution in [3.8, 4) is 0 Å². The molecule has 22 heavy (non-hydrogen) atoms. The fourth-order valence-electron chi connectivity index (χ4n) is 1.74. The van der Waals surface area contributed by atoms with E-state index in [4.69, 9.17) is 0 Å². The molecule has 4 N–H and O–H groups in total. The summed E-state index contributed by atoms with van der Waals surface area (Å²) >= 11 is 0. The molecule has 0 atom stereocenters. The van der Waals surface area contributed by atoms with Crippen molar-refractivity contribution in [3.05, 3.63) is 60.7 Å². The van der Waals surface area contributed by atoms with Crippen LogP contribution in [0.25, 0.3) is 0 Å². The fraction of sp³-hybridized carbons (Fsp3) is 0.368. The predicted octanol–water partition coefficient (Wildman–Crippen LogP) is 5.45. The summed E-state index contributed by atoms with van der Waals surface area (Å²) in [5.74, 6) is 0. The Morgan fingerprint density at radius 3 is 1.73 bits per heavy atom. The zero-order valence-electron chi connectivity index (χ0n) is 14.8. The van der Waals surface area contributed by atoms with Crippen LogP contribution in [0.3, 0.4) is 0 Å². The highest BCUT2D eigenvalue weighted by Crippen LogP contribution is 2.10. The minimum absolute atomic E-state index is 0. The summed E-state index contributed by atoms with van der Waals surface area (Å²) in [5, 5.41) is 3.40. The number of rotatable bonds is 5. The molecule has 3 heteroatoms. The average molecular weight is 303 g/mol. The van der Waals surface area contributed by atoms with E-state index in [0.717, 1.165) is 13.1 Å². The SMILES string of the molecule is CC.CC.CN(CCNc1ccccc1)c1ccccc1.N. The highest BCUT2D eigenvalue weighted by atomic mass is 15.1. The van der Waals surface area contributed by atoms with Crippen LogP contribution in [-0.2, 0) is 0 Å². The highest BCUT2D eigenvalue weighted by Gasteiger charge is 1.98. The second kappa shape index (κ2) is 15.4. The van der Waals surface area contributed by atoms with E-state index in [1.807, 2.05) is 52.0 Å². The number of hydrogen-bond acceptors (Lipinski definition) is 3. The summed E-state index contributed by atoms with van der Waals surface area (Å²) in [6, 6.07) is 20.7. The van der Waals surface area contributed by atoms with Gasteiger partial charge in [-0.05, 0) is 24.3 Å². The fourth-order valence-corrected chi connectivity index (χ4v) is 1.74. The van der Waals surface area contributed by atoms with E-state index in [2.05, 4.69) is 53.7 Å². The molecule has 0 amide bonds. The summed E-state index contributed by atoms with van der Waals surface area (Å²) in [6.45, 7) is 9.92. The first-order chi connectivity index (χ1) is 10.4. The van der Waals surface area contributed by atoms with E-state index in [1.165, 1.54) is 11.4 Å². The molecule has 0 unspecified atom stereocenters. The van der Waals surface area contributed by atoms with Crippen LogP contribution in [0.4, 0.5) is 11.4 Å². The Labute approximate surface area is 137 Å². The Bertz CT molecular complexity index is 429. The molecule has 0 bridgehead atoms. The van der Waals surface area contributed by atoms with Gasteiger partial charge in [-0.3, -0.25) is 0 Å². The van der Waals surface area contributed by atoms with Crippen LogP contribution in [0.1, 0.15) is 27.7 Å². The molecule has 0 saturated carbocycles. The number of hydrogen-bond donors (Lipinski definition) is 2. The molecule has 0 fully saturated rings. The maximum atomic E-state index is 3.40. The lowest BCUT2D eigenvalue weighted by Crippen LogP contribution is -2.24. The first-order valence-corrected chi connectivity index (χ1v) is 7.91. The van der Waals surface area contributed by atoms with Gasteiger partial charge < -0.3 is 16.4 Å². The van der Waals surface area contributed by atoms with Gasteiger partial charge in [0.05, 0.1) is 0 Å². The average Bonchev–Trinajstić information content (AvgIpc) is 2.60. The van der Waals surface area contributed by atoms with Gasteiger partial charge in [0, 0.05) is 31.5 Å². The first kappa shape index (κ1) is 22.3. The van der Waals surface area contributed by atoms with E-state index in [1.54, 1.807) is 0 Å². The van der Waals surface area contributed by atoms with Crippen molar-refractivity contribution in [3.63, 3.8) is 0 Å². The maximum Gasteiger partial charge on any atom is 0.0364 e. The quantitative estimate of drug-likeness (QED) is 0.772. The third kappa shape index (κ3) is 9.03. The van der Waals surface area contributed by atoms with Crippen LogP contribution in [0.15, 0.2) is 60.7 Å². The Morgan fingerprint density at radius 1 is 0.773 bits per heavy atom. The van der Waals surface area contributed by atoms with E-state index in [0.29, 0.717) is 0 Å². The molecule has 124 valence electrons. The van der Waals surface area contributed by atoms with Crippen molar-refractivity contribution in [1.29, 1.82) is 0 Å². The Hall–Kier alpha value is -2.00. The smallest absolute Gasteiger partial charge is 0.0364 e. The van der Waals surface area contributed by atoms with Gasteiger partial charge in [0.1, 0.15) is 0 Å². The number of nitrogens with zero attached hydrogens (tertiary/aromatic N) is 1. The standard InChI is InChI=1S/C15H18N2.2C2H6.H3N/c1-17(15-10-6-3-7-11-15)13-12-16-14-8-4-2-5-9-14;2*1-2;/h2-11,16H,12-13H2,1H3;2*1-2H3;1H3. The first-order valence-electron chi connectivity index (χ1n) is 7.91. The van der Waals surface area contributed by atoms with Crippen LogP contribution in [-0.4, -0.2) is 20.1 Å². The van der Waals surface area contributed by atoms with Gasteiger partial charge in [-0.15, -0.1) is 0 Å². The number of benzene rings is 2. The number of likely N-dealkylation sites (N-methyl/N-ethyl adjacent to an activating group) is 1. The number of anilines is 2. The lowest BCUT2D eigenvalue weighted by atomic mass is 10.3. The Morgan fingerprint density at radius 2 is 1.23 bits per heavy atom. The molecule has 3 nitrogen and oxygen atoms in total. The molecule has 0 spiro atoms. The maximum absolute atomic E-state index is 3.40. The molecule has 0 aliphatic heterocycles. The van der Waals surface area contributed by atoms with Crippen LogP contribution in [0.2, 0.25) is 0 Å². The van der Waals surface area contributed by atoms with Crippen molar-refractivity contribution in [2.45, 2.75) is 27.7 Å². The zero-order chi connectivity index (χ0) is 15.9. The normalized spacial score (nSPS) is 8.23. The topological polar surface area (TPSA) is 50.3 Å². The van der Waals surface area contributed by atoms with Gasteiger partial charge in [-0.25, -0.2) is 0 Å². The van der Waals surface area contributed by atoms with Crippen molar-refractivity contribution < 1.29 is 0 Å². The lowest BCUT2D eigenvalue weighted by Gasteiger charge is -2.19. The monoisotopic (exact) mass is 303 g/mol. The summed E-state index contributed by atoms with van der Waals surface area (Å²) in [4.78, 5) is 2.25. The molecule has 0 saturated heterocycles. The largest absolute Gasteiger partial charge is 0.383 e. The number of nitrogens with one attached hydrogen (secondary N) is 1. The van der Waals surface area contributed by atoms with Crippen LogP contribution in [0.5, 0.6) is 0 Å². The Balaban J connectivity index is 0. The molecule has 2 rings (SSSR count). The van der Waals surface area contributed by atoms with Gasteiger partial charge in [-0.1, -0.05) is 64.1 Å². The van der Waals surface area contributed by atoms with Crippen LogP contribution >= 0.6 is 0 Å². The van der Waals surface area contributed by atoms with E-state index in [9.17, 15) is 0 Å². The van der Waals surface area contributed by atoms with Crippen LogP contribution in [0, 0.1) is 0 Å². The lowest BCUT2D eigenvalue weighted by molar-refractivity contribution is 0.915. The summed E-state index contributed by atoms with van der Waals surface area (Å²) in [6.07, 6.45) is 0. The zero-order valence-corrected chi connectivity index (χ0v) is 14.8. The second-order valence-corrected chi connectivity index (χ2v) is 4.05. The minimum Gasteiger partial charge on any atom is -0.383 e. The van der Waals surface area contributed by atoms with E-state index >= 15 is 0 Å². The summed E-state index contributed by atoms with van der Waals surface area (Å²) < 4.78 is 0. The summed E-state index contributed by atoms with van der Waals surface area (Å²) in [5.41, 5.74) is 2.43. The van der Waals surface area contributed by atoms with Crippen LogP contribution < -0.4 is 16.4 Å². The molecular formula is C19H33N3. The van der Waals surface area contributed by atoms with E-state index in [-0.39, 0.29) is 6.15 Å². The molecule has 0 heterocycles. The van der Waals surface area contributed by atoms with Crippen molar-refractivity contribution in [2.75, 3.05) is 30.4 Å². The third-order valence-corrected chi connectivity index (χ3v) is 2.75. The van der Waals surface area contributed by atoms with Gasteiger partial charge in [-0.2, -0.15) is 0 Å². The molecule has 2 aromatic carbocycles. The van der Waals surface area contributed by atoms with Gasteiger partial charge in [0.2, 0.25) is 0 Å². The molecule has 0 aliphatic carbocycles. The molecule has 0 aromatic heterocycles. The van der Waals surface area contributed by atoms with Crippen molar-refractivity contribution >= 4 is 11.4 Å². The summed E-state index contributed by atoms with van der Waals surface area (Å²) in [7, 11) is 2.11.